The zero-order valence-electron chi connectivity index (χ0n) is 14.0. The molecule has 0 spiro atoms. The number of hydrogen-bond acceptors (Lipinski definition) is 3. The Kier molecular flexibility index (Phi) is 6.59. The standard InChI is InChI=1S/C17H25N3O2.ClH/c1-17(18)11-5-4-6-14(17)15(21)19-13-9-7-12(8-10-13)16(22)20(2)3;/h7-10,14H,4-6,11,18H2,1-3H3,(H,19,21);1H. The first-order valence-electron chi connectivity index (χ1n) is 7.73. The Balaban J connectivity index is 0.00000264. The van der Waals surface area contributed by atoms with Crippen LogP contribution < -0.4 is 11.1 Å². The average Bonchev–Trinajstić information content (AvgIpc) is 2.46. The minimum Gasteiger partial charge on any atom is -0.345 e. The summed E-state index contributed by atoms with van der Waals surface area (Å²) in [6, 6.07) is 6.96. The van der Waals surface area contributed by atoms with Gasteiger partial charge in [0.2, 0.25) is 5.91 Å². The monoisotopic (exact) mass is 339 g/mol. The Morgan fingerprint density at radius 1 is 1.22 bits per heavy atom. The molecule has 2 amide bonds. The van der Waals surface area contributed by atoms with E-state index in [1.54, 1.807) is 38.4 Å². The molecule has 0 aliphatic heterocycles. The highest BCUT2D eigenvalue weighted by molar-refractivity contribution is 5.96. The molecule has 23 heavy (non-hydrogen) atoms. The number of amides is 2. The lowest BCUT2D eigenvalue weighted by Crippen LogP contribution is -2.51. The van der Waals surface area contributed by atoms with Crippen molar-refractivity contribution >= 4 is 29.9 Å². The van der Waals surface area contributed by atoms with Crippen molar-refractivity contribution in [3.63, 3.8) is 0 Å². The number of carbonyl (C=O) groups excluding carboxylic acids is 2. The van der Waals surface area contributed by atoms with Gasteiger partial charge in [-0.3, -0.25) is 9.59 Å². The van der Waals surface area contributed by atoms with Gasteiger partial charge in [-0.15, -0.1) is 12.4 Å². The summed E-state index contributed by atoms with van der Waals surface area (Å²) in [5, 5.41) is 2.92. The molecule has 0 saturated heterocycles. The molecule has 3 N–H and O–H groups in total. The molecule has 1 aliphatic rings. The Morgan fingerprint density at radius 3 is 2.35 bits per heavy atom. The van der Waals surface area contributed by atoms with Crippen LogP contribution in [0.3, 0.4) is 0 Å². The van der Waals surface area contributed by atoms with Gasteiger partial charge in [0.15, 0.2) is 0 Å². The van der Waals surface area contributed by atoms with Crippen molar-refractivity contribution in [2.75, 3.05) is 19.4 Å². The van der Waals surface area contributed by atoms with E-state index in [2.05, 4.69) is 5.32 Å². The van der Waals surface area contributed by atoms with Gasteiger partial charge in [-0.05, 0) is 44.0 Å². The van der Waals surface area contributed by atoms with Crippen LogP contribution in [0, 0.1) is 5.92 Å². The fraction of sp³-hybridized carbons (Fsp3) is 0.529. The van der Waals surface area contributed by atoms with Crippen LogP contribution in [-0.2, 0) is 4.79 Å². The van der Waals surface area contributed by atoms with Gasteiger partial charge >= 0.3 is 0 Å². The highest BCUT2D eigenvalue weighted by Crippen LogP contribution is 2.32. The summed E-state index contributed by atoms with van der Waals surface area (Å²) in [5.41, 5.74) is 7.12. The number of hydrogen-bond donors (Lipinski definition) is 2. The number of anilines is 1. The van der Waals surface area contributed by atoms with Crippen LogP contribution in [0.5, 0.6) is 0 Å². The number of nitrogens with zero attached hydrogens (tertiary/aromatic N) is 1. The minimum atomic E-state index is -0.441. The summed E-state index contributed by atoms with van der Waals surface area (Å²) in [6.07, 6.45) is 3.83. The van der Waals surface area contributed by atoms with Crippen molar-refractivity contribution in [1.29, 1.82) is 0 Å². The van der Waals surface area contributed by atoms with Gasteiger partial charge in [-0.2, -0.15) is 0 Å². The van der Waals surface area contributed by atoms with Gasteiger partial charge < -0.3 is 16.0 Å². The van der Waals surface area contributed by atoms with E-state index >= 15 is 0 Å². The van der Waals surface area contributed by atoms with Gasteiger partial charge in [-0.25, -0.2) is 0 Å². The quantitative estimate of drug-likeness (QED) is 0.889. The molecule has 6 heteroatoms. The molecule has 1 fully saturated rings. The van der Waals surface area contributed by atoms with Crippen LogP contribution in [0.25, 0.3) is 0 Å². The normalized spacial score (nSPS) is 23.6. The maximum atomic E-state index is 12.4. The molecule has 1 saturated carbocycles. The van der Waals surface area contributed by atoms with E-state index in [4.69, 9.17) is 5.73 Å². The first-order chi connectivity index (χ1) is 10.3. The van der Waals surface area contributed by atoms with E-state index in [1.165, 1.54) is 4.90 Å². The summed E-state index contributed by atoms with van der Waals surface area (Å²) in [7, 11) is 3.42. The summed E-state index contributed by atoms with van der Waals surface area (Å²) in [6.45, 7) is 1.95. The van der Waals surface area contributed by atoms with Crippen LogP contribution in [-0.4, -0.2) is 36.3 Å². The molecule has 1 aromatic rings. The second kappa shape index (κ2) is 7.79. The number of carbonyl (C=O) groups is 2. The smallest absolute Gasteiger partial charge is 0.253 e. The summed E-state index contributed by atoms with van der Waals surface area (Å²) >= 11 is 0. The van der Waals surface area contributed by atoms with Gasteiger partial charge in [0.1, 0.15) is 0 Å². The molecule has 128 valence electrons. The predicted molar refractivity (Wildman–Crippen MR) is 94.9 cm³/mol. The number of nitrogens with one attached hydrogen (secondary N) is 1. The first kappa shape index (κ1) is 19.5. The largest absolute Gasteiger partial charge is 0.345 e. The molecule has 5 nitrogen and oxygen atoms in total. The lowest BCUT2D eigenvalue weighted by Gasteiger charge is -2.37. The second-order valence-electron chi connectivity index (χ2n) is 6.57. The summed E-state index contributed by atoms with van der Waals surface area (Å²) < 4.78 is 0. The molecule has 0 aromatic heterocycles. The molecule has 2 unspecified atom stereocenters. The van der Waals surface area contributed by atoms with Crippen molar-refractivity contribution in [3.05, 3.63) is 29.8 Å². The fourth-order valence-electron chi connectivity index (χ4n) is 2.97. The minimum absolute atomic E-state index is 0. The van der Waals surface area contributed by atoms with E-state index in [1.807, 2.05) is 6.92 Å². The number of nitrogens with two attached hydrogens (primary N) is 1. The van der Waals surface area contributed by atoms with E-state index in [-0.39, 0.29) is 30.1 Å². The molecule has 2 rings (SSSR count). The van der Waals surface area contributed by atoms with Crippen LogP contribution in [0.1, 0.15) is 43.0 Å². The van der Waals surface area contributed by atoms with Crippen molar-refractivity contribution in [2.45, 2.75) is 38.1 Å². The van der Waals surface area contributed by atoms with Crippen LogP contribution in [0.4, 0.5) is 5.69 Å². The zero-order chi connectivity index (χ0) is 16.3. The topological polar surface area (TPSA) is 75.4 Å². The van der Waals surface area contributed by atoms with Crippen molar-refractivity contribution in [2.24, 2.45) is 11.7 Å². The van der Waals surface area contributed by atoms with Gasteiger partial charge in [-0.1, -0.05) is 12.8 Å². The Labute approximate surface area is 144 Å². The highest BCUT2D eigenvalue weighted by Gasteiger charge is 2.37. The van der Waals surface area contributed by atoms with Gasteiger partial charge in [0.25, 0.3) is 5.91 Å². The zero-order valence-corrected chi connectivity index (χ0v) is 14.8. The number of benzene rings is 1. The van der Waals surface area contributed by atoms with Crippen molar-refractivity contribution in [3.8, 4) is 0 Å². The Bertz CT molecular complexity index is 555. The highest BCUT2D eigenvalue weighted by atomic mass is 35.5. The lowest BCUT2D eigenvalue weighted by molar-refractivity contribution is -0.122. The first-order valence-corrected chi connectivity index (χ1v) is 7.73. The van der Waals surface area contributed by atoms with E-state index < -0.39 is 5.54 Å². The van der Waals surface area contributed by atoms with Crippen molar-refractivity contribution < 1.29 is 9.59 Å². The summed E-state index contributed by atoms with van der Waals surface area (Å²) in [5.74, 6) is -0.250. The maximum absolute atomic E-state index is 12.4. The van der Waals surface area contributed by atoms with Gasteiger partial charge in [0.05, 0.1) is 5.92 Å². The third kappa shape index (κ3) is 4.69. The fourth-order valence-corrected chi connectivity index (χ4v) is 2.97. The molecule has 2 atom stereocenters. The third-order valence-corrected chi connectivity index (χ3v) is 4.38. The SMILES string of the molecule is CN(C)C(=O)c1ccc(NC(=O)C2CCCCC2(C)N)cc1.Cl. The third-order valence-electron chi connectivity index (χ3n) is 4.38. The summed E-state index contributed by atoms with van der Waals surface area (Å²) in [4.78, 5) is 25.8. The molecule has 0 heterocycles. The number of halogens is 1. The van der Waals surface area contributed by atoms with Crippen LogP contribution in [0.15, 0.2) is 24.3 Å². The average molecular weight is 340 g/mol. The van der Waals surface area contributed by atoms with Crippen LogP contribution >= 0.6 is 12.4 Å². The van der Waals surface area contributed by atoms with Gasteiger partial charge in [0, 0.05) is 30.9 Å². The molecule has 1 aliphatic carbocycles. The molecule has 1 aromatic carbocycles. The lowest BCUT2D eigenvalue weighted by atomic mass is 9.74. The van der Waals surface area contributed by atoms with E-state index in [0.29, 0.717) is 11.3 Å². The molecule has 0 bridgehead atoms. The maximum Gasteiger partial charge on any atom is 0.253 e. The molecule has 0 radical (unpaired) electrons. The second-order valence-corrected chi connectivity index (χ2v) is 6.57. The van der Waals surface area contributed by atoms with Crippen LogP contribution in [0.2, 0.25) is 0 Å². The molecular weight excluding hydrogens is 314 g/mol. The Hall–Kier alpha value is -1.59. The van der Waals surface area contributed by atoms with Crippen molar-refractivity contribution in [1.82, 2.24) is 4.90 Å². The Morgan fingerprint density at radius 2 is 1.83 bits per heavy atom. The molecular formula is C17H26ClN3O2. The van der Waals surface area contributed by atoms with E-state index in [0.717, 1.165) is 25.7 Å². The van der Waals surface area contributed by atoms with E-state index in [9.17, 15) is 9.59 Å². The number of rotatable bonds is 3. The predicted octanol–water partition coefficient (Wildman–Crippen LogP) is 2.66.